The molecule has 0 saturated heterocycles. The van der Waals surface area contributed by atoms with Crippen molar-refractivity contribution in [1.82, 2.24) is 9.88 Å². The van der Waals surface area contributed by atoms with Crippen LogP contribution < -0.4 is 16.5 Å². The highest BCUT2D eigenvalue weighted by atomic mass is 16.1. The largest absolute Gasteiger partial charge is 0.394 e. The van der Waals surface area contributed by atoms with Gasteiger partial charge in [-0.05, 0) is 12.8 Å². The quantitative estimate of drug-likeness (QED) is 0.757. The SMILES string of the molecule is Nc1cn(CCC(=O)NC2CC2)ccc1=O. The summed E-state index contributed by atoms with van der Waals surface area (Å²) in [4.78, 5) is 22.4. The number of aromatic nitrogens is 1. The van der Waals surface area contributed by atoms with Gasteiger partial charge in [0.2, 0.25) is 11.3 Å². The van der Waals surface area contributed by atoms with E-state index in [2.05, 4.69) is 5.32 Å². The smallest absolute Gasteiger partial charge is 0.222 e. The van der Waals surface area contributed by atoms with Gasteiger partial charge in [0.25, 0.3) is 0 Å². The molecular formula is C11H15N3O2. The predicted molar refractivity (Wildman–Crippen MR) is 60.9 cm³/mol. The van der Waals surface area contributed by atoms with Crippen LogP contribution in [0, 0.1) is 0 Å². The molecule has 86 valence electrons. The van der Waals surface area contributed by atoms with Crippen LogP contribution in [-0.2, 0) is 11.3 Å². The Morgan fingerprint density at radius 2 is 2.31 bits per heavy atom. The van der Waals surface area contributed by atoms with Crippen LogP contribution in [0.1, 0.15) is 19.3 Å². The number of nitrogen functional groups attached to an aromatic ring is 1. The van der Waals surface area contributed by atoms with Crippen molar-refractivity contribution in [2.45, 2.75) is 31.8 Å². The monoisotopic (exact) mass is 221 g/mol. The van der Waals surface area contributed by atoms with Crippen molar-refractivity contribution >= 4 is 11.6 Å². The number of amides is 1. The van der Waals surface area contributed by atoms with E-state index >= 15 is 0 Å². The highest BCUT2D eigenvalue weighted by Crippen LogP contribution is 2.18. The van der Waals surface area contributed by atoms with E-state index < -0.39 is 0 Å². The summed E-state index contributed by atoms with van der Waals surface area (Å²) in [5.41, 5.74) is 5.52. The van der Waals surface area contributed by atoms with Crippen molar-refractivity contribution in [3.8, 4) is 0 Å². The maximum absolute atomic E-state index is 11.4. The molecule has 1 amide bonds. The summed E-state index contributed by atoms with van der Waals surface area (Å²) >= 11 is 0. The molecule has 16 heavy (non-hydrogen) atoms. The minimum Gasteiger partial charge on any atom is -0.394 e. The Hall–Kier alpha value is -1.78. The standard InChI is InChI=1S/C11H15N3O2/c12-9-7-14(5-3-10(9)15)6-4-11(16)13-8-1-2-8/h3,5,7-8H,1-2,4,6,12H2,(H,13,16). The molecule has 1 fully saturated rings. The Morgan fingerprint density at radius 1 is 1.56 bits per heavy atom. The van der Waals surface area contributed by atoms with Crippen LogP contribution in [0.3, 0.4) is 0 Å². The Morgan fingerprint density at radius 3 is 2.94 bits per heavy atom. The number of pyridine rings is 1. The second kappa shape index (κ2) is 4.38. The number of aryl methyl sites for hydroxylation is 1. The van der Waals surface area contributed by atoms with E-state index in [0.29, 0.717) is 19.0 Å². The molecule has 3 N–H and O–H groups in total. The first-order chi connectivity index (χ1) is 7.65. The van der Waals surface area contributed by atoms with Crippen molar-refractivity contribution < 1.29 is 4.79 Å². The number of nitrogens with one attached hydrogen (secondary N) is 1. The number of nitrogens with two attached hydrogens (primary N) is 1. The topological polar surface area (TPSA) is 77.1 Å². The van der Waals surface area contributed by atoms with Gasteiger partial charge in [0.05, 0.1) is 5.69 Å². The maximum atomic E-state index is 11.4. The molecule has 1 saturated carbocycles. The molecule has 0 spiro atoms. The molecule has 0 radical (unpaired) electrons. The maximum Gasteiger partial charge on any atom is 0.222 e. The fourth-order valence-corrected chi connectivity index (χ4v) is 1.44. The molecule has 0 aliphatic heterocycles. The zero-order chi connectivity index (χ0) is 11.5. The molecule has 1 aromatic rings. The molecule has 1 aromatic heterocycles. The lowest BCUT2D eigenvalue weighted by Crippen LogP contribution is -2.26. The zero-order valence-corrected chi connectivity index (χ0v) is 8.98. The molecule has 2 rings (SSSR count). The summed E-state index contributed by atoms with van der Waals surface area (Å²) < 4.78 is 1.75. The lowest BCUT2D eigenvalue weighted by molar-refractivity contribution is -0.121. The van der Waals surface area contributed by atoms with Gasteiger partial charge in [0, 0.05) is 37.5 Å². The van der Waals surface area contributed by atoms with Gasteiger partial charge in [-0.15, -0.1) is 0 Å². The molecule has 0 atom stereocenters. The van der Waals surface area contributed by atoms with Crippen LogP contribution in [0.2, 0.25) is 0 Å². The summed E-state index contributed by atoms with van der Waals surface area (Å²) in [5.74, 6) is 0.0553. The summed E-state index contributed by atoms with van der Waals surface area (Å²) in [6.07, 6.45) is 5.81. The van der Waals surface area contributed by atoms with Crippen molar-refractivity contribution in [1.29, 1.82) is 0 Å². The van der Waals surface area contributed by atoms with Gasteiger partial charge in [-0.1, -0.05) is 0 Å². The molecule has 1 aliphatic rings. The van der Waals surface area contributed by atoms with E-state index in [9.17, 15) is 9.59 Å². The highest BCUT2D eigenvalue weighted by molar-refractivity contribution is 5.76. The first kappa shape index (κ1) is 10.7. The molecule has 0 bridgehead atoms. The van der Waals surface area contributed by atoms with Gasteiger partial charge >= 0.3 is 0 Å². The Kier molecular flexibility index (Phi) is 2.94. The third-order valence-corrected chi connectivity index (χ3v) is 2.55. The van der Waals surface area contributed by atoms with Crippen LogP contribution in [0.15, 0.2) is 23.3 Å². The summed E-state index contributed by atoms with van der Waals surface area (Å²) in [6, 6.07) is 1.81. The van der Waals surface area contributed by atoms with Crippen LogP contribution >= 0.6 is 0 Å². The number of carbonyl (C=O) groups is 1. The first-order valence-corrected chi connectivity index (χ1v) is 5.40. The minimum atomic E-state index is -0.182. The molecule has 5 nitrogen and oxygen atoms in total. The zero-order valence-electron chi connectivity index (χ0n) is 8.98. The highest BCUT2D eigenvalue weighted by Gasteiger charge is 2.22. The van der Waals surface area contributed by atoms with Crippen molar-refractivity contribution in [2.75, 3.05) is 5.73 Å². The number of rotatable bonds is 4. The number of hydrogen-bond acceptors (Lipinski definition) is 3. The molecule has 1 heterocycles. The molecular weight excluding hydrogens is 206 g/mol. The van der Waals surface area contributed by atoms with Crippen LogP contribution in [0.25, 0.3) is 0 Å². The lowest BCUT2D eigenvalue weighted by Gasteiger charge is -2.07. The normalized spacial score (nSPS) is 14.8. The minimum absolute atomic E-state index is 0.0553. The second-order valence-corrected chi connectivity index (χ2v) is 4.09. The van der Waals surface area contributed by atoms with Crippen LogP contribution in [-0.4, -0.2) is 16.5 Å². The number of nitrogens with zero attached hydrogens (tertiary/aromatic N) is 1. The van der Waals surface area contributed by atoms with Gasteiger partial charge in [-0.2, -0.15) is 0 Å². The van der Waals surface area contributed by atoms with Crippen LogP contribution in [0.5, 0.6) is 0 Å². The third kappa shape index (κ3) is 2.85. The Balaban J connectivity index is 1.86. The van der Waals surface area contributed by atoms with Gasteiger partial charge in [0.15, 0.2) is 0 Å². The summed E-state index contributed by atoms with van der Waals surface area (Å²) in [6.45, 7) is 0.545. The average molecular weight is 221 g/mol. The average Bonchev–Trinajstić information content (AvgIpc) is 3.04. The predicted octanol–water partition coefficient (Wildman–Crippen LogP) is 0.0992. The van der Waals surface area contributed by atoms with E-state index in [0.717, 1.165) is 12.8 Å². The van der Waals surface area contributed by atoms with Gasteiger partial charge in [0.1, 0.15) is 0 Å². The van der Waals surface area contributed by atoms with E-state index in [1.165, 1.54) is 6.07 Å². The Labute approximate surface area is 93.3 Å². The van der Waals surface area contributed by atoms with Crippen molar-refractivity contribution in [2.24, 2.45) is 0 Å². The number of anilines is 1. The third-order valence-electron chi connectivity index (χ3n) is 2.55. The number of carbonyl (C=O) groups excluding carboxylic acids is 1. The van der Waals surface area contributed by atoms with E-state index in [1.807, 2.05) is 0 Å². The number of hydrogen-bond donors (Lipinski definition) is 2. The van der Waals surface area contributed by atoms with E-state index in [4.69, 9.17) is 5.73 Å². The molecule has 0 aromatic carbocycles. The molecule has 0 unspecified atom stereocenters. The fraction of sp³-hybridized carbons (Fsp3) is 0.455. The van der Waals surface area contributed by atoms with Gasteiger partial charge in [-0.3, -0.25) is 9.59 Å². The fourth-order valence-electron chi connectivity index (χ4n) is 1.44. The van der Waals surface area contributed by atoms with E-state index in [1.54, 1.807) is 17.0 Å². The first-order valence-electron chi connectivity index (χ1n) is 5.40. The van der Waals surface area contributed by atoms with E-state index in [-0.39, 0.29) is 17.0 Å². The molecule has 1 aliphatic carbocycles. The second-order valence-electron chi connectivity index (χ2n) is 4.09. The summed E-state index contributed by atoms with van der Waals surface area (Å²) in [5, 5.41) is 2.90. The van der Waals surface area contributed by atoms with Gasteiger partial charge < -0.3 is 15.6 Å². The molecule has 5 heteroatoms. The van der Waals surface area contributed by atoms with Crippen molar-refractivity contribution in [3.63, 3.8) is 0 Å². The van der Waals surface area contributed by atoms with Gasteiger partial charge in [-0.25, -0.2) is 0 Å². The van der Waals surface area contributed by atoms with Crippen LogP contribution in [0.4, 0.5) is 5.69 Å². The lowest BCUT2D eigenvalue weighted by atomic mass is 10.3. The van der Waals surface area contributed by atoms with Crippen molar-refractivity contribution in [3.05, 3.63) is 28.7 Å². The summed E-state index contributed by atoms with van der Waals surface area (Å²) in [7, 11) is 0. The Bertz CT molecular complexity index is 449.